The van der Waals surface area contributed by atoms with Gasteiger partial charge in [0.2, 0.25) is 9.05 Å². The Labute approximate surface area is 83.0 Å². The molecule has 0 aromatic heterocycles. The molecule has 0 bridgehead atoms. The molecule has 0 spiro atoms. The molecule has 4 nitrogen and oxygen atoms in total. The zero-order chi connectivity index (χ0) is 11.6. The van der Waals surface area contributed by atoms with Crippen LogP contribution >= 0.6 is 10.7 Å². The van der Waals surface area contributed by atoms with Crippen molar-refractivity contribution >= 4 is 25.6 Å². The molecule has 14 heavy (non-hydrogen) atoms. The highest BCUT2D eigenvalue weighted by Gasteiger charge is 2.41. The number of carbonyl (C=O) groups is 1. The summed E-state index contributed by atoms with van der Waals surface area (Å²) in [5.41, 5.74) is 0. The fourth-order valence-corrected chi connectivity index (χ4v) is 1.26. The molecule has 0 radical (unpaired) electrons. The quantitative estimate of drug-likeness (QED) is 0.691. The number of alkyl halides is 3. The van der Waals surface area contributed by atoms with Crippen LogP contribution < -0.4 is 0 Å². The van der Waals surface area contributed by atoms with Crippen molar-refractivity contribution < 1.29 is 26.4 Å². The van der Waals surface area contributed by atoms with Gasteiger partial charge in [0.15, 0.2) is 0 Å². The number of carbonyl (C=O) groups excluding carboxylic acids is 1. The van der Waals surface area contributed by atoms with Crippen LogP contribution in [0.5, 0.6) is 0 Å². The average Bonchev–Trinajstić information content (AvgIpc) is 1.95. The summed E-state index contributed by atoms with van der Waals surface area (Å²) in [6, 6.07) is 0. The summed E-state index contributed by atoms with van der Waals surface area (Å²) < 4.78 is 55.9. The summed E-state index contributed by atoms with van der Waals surface area (Å²) in [7, 11) is 1.71. The van der Waals surface area contributed by atoms with Crippen molar-refractivity contribution in [2.24, 2.45) is 0 Å². The second kappa shape index (κ2) is 4.35. The lowest BCUT2D eigenvalue weighted by Crippen LogP contribution is -2.40. The molecule has 0 heterocycles. The maximum atomic E-state index is 11.7. The fourth-order valence-electron chi connectivity index (χ4n) is 0.564. The third-order valence-electron chi connectivity index (χ3n) is 1.26. The molecule has 0 aromatic rings. The van der Waals surface area contributed by atoms with E-state index in [9.17, 15) is 26.4 Å². The maximum Gasteiger partial charge on any atom is 0.471 e. The van der Waals surface area contributed by atoms with Gasteiger partial charge in [-0.1, -0.05) is 0 Å². The van der Waals surface area contributed by atoms with Crippen LogP contribution in [0.2, 0.25) is 0 Å². The first kappa shape index (κ1) is 13.5. The van der Waals surface area contributed by atoms with Crippen molar-refractivity contribution in [1.29, 1.82) is 0 Å². The van der Waals surface area contributed by atoms with E-state index in [-0.39, 0.29) is 4.90 Å². The molecule has 0 aliphatic rings. The van der Waals surface area contributed by atoms with Crippen LogP contribution in [-0.4, -0.2) is 44.7 Å². The predicted octanol–water partition coefficient (Wildman–Crippen LogP) is 0.576. The molecule has 9 heteroatoms. The van der Waals surface area contributed by atoms with E-state index in [1.807, 2.05) is 0 Å². The summed E-state index contributed by atoms with van der Waals surface area (Å²) in [6.45, 7) is -0.593. The van der Waals surface area contributed by atoms with Gasteiger partial charge >= 0.3 is 12.1 Å². The average molecular weight is 254 g/mol. The smallest absolute Gasteiger partial charge is 0.337 e. The molecule has 1 amide bonds. The topological polar surface area (TPSA) is 54.5 Å². The largest absolute Gasteiger partial charge is 0.471 e. The third-order valence-corrected chi connectivity index (χ3v) is 2.39. The molecule has 0 aliphatic heterocycles. The third kappa shape index (κ3) is 5.28. The Morgan fingerprint density at radius 3 is 2.14 bits per heavy atom. The number of hydrogen-bond acceptors (Lipinski definition) is 3. The first-order valence-electron chi connectivity index (χ1n) is 3.28. The summed E-state index contributed by atoms with van der Waals surface area (Å²) >= 11 is 0. The van der Waals surface area contributed by atoms with Crippen molar-refractivity contribution in [3.8, 4) is 0 Å². The Hall–Kier alpha value is -0.500. The lowest BCUT2D eigenvalue weighted by Gasteiger charge is -2.17. The van der Waals surface area contributed by atoms with Crippen LogP contribution in [0.25, 0.3) is 0 Å². The highest BCUT2D eigenvalue weighted by atomic mass is 35.7. The second-order valence-corrected chi connectivity index (χ2v) is 5.36. The van der Waals surface area contributed by atoms with E-state index in [0.29, 0.717) is 0 Å². The van der Waals surface area contributed by atoms with Gasteiger partial charge in [-0.3, -0.25) is 4.79 Å². The Kier molecular flexibility index (Phi) is 4.19. The highest BCUT2D eigenvalue weighted by Crippen LogP contribution is 2.17. The highest BCUT2D eigenvalue weighted by molar-refractivity contribution is 8.13. The number of hydrogen-bond donors (Lipinski definition) is 0. The molecule has 0 saturated heterocycles. The predicted molar refractivity (Wildman–Crippen MR) is 43.3 cm³/mol. The van der Waals surface area contributed by atoms with Crippen LogP contribution in [0.1, 0.15) is 0 Å². The van der Waals surface area contributed by atoms with Crippen LogP contribution in [0.15, 0.2) is 0 Å². The van der Waals surface area contributed by atoms with Gasteiger partial charge in [-0.25, -0.2) is 8.42 Å². The van der Waals surface area contributed by atoms with Gasteiger partial charge < -0.3 is 4.90 Å². The molecule has 0 N–H and O–H groups in total. The van der Waals surface area contributed by atoms with Gasteiger partial charge in [-0.15, -0.1) is 0 Å². The van der Waals surface area contributed by atoms with Crippen molar-refractivity contribution in [2.75, 3.05) is 19.3 Å². The van der Waals surface area contributed by atoms with E-state index < -0.39 is 33.4 Å². The zero-order valence-electron chi connectivity index (χ0n) is 7.01. The Morgan fingerprint density at radius 1 is 1.43 bits per heavy atom. The standard InChI is InChI=1S/C5H7ClF3NO3S/c1-10(2-3-14(6,12)13)4(11)5(7,8)9/h2-3H2,1H3. The first-order chi connectivity index (χ1) is 6.04. The minimum absolute atomic E-state index is 0.250. The maximum absolute atomic E-state index is 11.7. The van der Waals surface area contributed by atoms with E-state index >= 15 is 0 Å². The number of halogens is 4. The molecule has 0 fully saturated rings. The summed E-state index contributed by atoms with van der Waals surface area (Å²) in [5.74, 6) is -2.81. The van der Waals surface area contributed by atoms with Gasteiger partial charge in [-0.2, -0.15) is 13.2 Å². The van der Waals surface area contributed by atoms with Crippen molar-refractivity contribution in [2.45, 2.75) is 6.18 Å². The molecular formula is C5H7ClF3NO3S. The number of rotatable bonds is 3. The summed E-state index contributed by atoms with van der Waals surface area (Å²) in [4.78, 5) is 10.7. The van der Waals surface area contributed by atoms with E-state index in [1.165, 1.54) is 0 Å². The van der Waals surface area contributed by atoms with Crippen LogP contribution in [-0.2, 0) is 13.8 Å². The van der Waals surface area contributed by atoms with Gasteiger partial charge in [-0.05, 0) is 0 Å². The second-order valence-electron chi connectivity index (χ2n) is 2.47. The van der Waals surface area contributed by atoms with Gasteiger partial charge in [0.25, 0.3) is 0 Å². The van der Waals surface area contributed by atoms with E-state index in [0.717, 1.165) is 7.05 Å². The zero-order valence-corrected chi connectivity index (χ0v) is 8.58. The SMILES string of the molecule is CN(CCS(=O)(=O)Cl)C(=O)C(F)(F)F. The summed E-state index contributed by atoms with van der Waals surface area (Å²) in [6.07, 6.45) is -5.00. The van der Waals surface area contributed by atoms with Crippen LogP contribution in [0.3, 0.4) is 0 Å². The fraction of sp³-hybridized carbons (Fsp3) is 0.800. The molecule has 0 saturated carbocycles. The van der Waals surface area contributed by atoms with Gasteiger partial charge in [0, 0.05) is 24.3 Å². The molecular weight excluding hydrogens is 247 g/mol. The van der Waals surface area contributed by atoms with Crippen molar-refractivity contribution in [1.82, 2.24) is 4.90 Å². The Bertz CT molecular complexity index is 313. The van der Waals surface area contributed by atoms with E-state index in [4.69, 9.17) is 10.7 Å². The monoisotopic (exact) mass is 253 g/mol. The normalized spacial score (nSPS) is 12.6. The lowest BCUT2D eigenvalue weighted by molar-refractivity contribution is -0.183. The van der Waals surface area contributed by atoms with Gasteiger partial charge in [0.05, 0.1) is 5.75 Å². The summed E-state index contributed by atoms with van der Waals surface area (Å²) in [5, 5.41) is 0. The first-order valence-corrected chi connectivity index (χ1v) is 5.76. The van der Waals surface area contributed by atoms with E-state index in [2.05, 4.69) is 0 Å². The number of amides is 1. The molecule has 0 unspecified atom stereocenters. The van der Waals surface area contributed by atoms with Gasteiger partial charge in [0.1, 0.15) is 0 Å². The van der Waals surface area contributed by atoms with Crippen molar-refractivity contribution in [3.05, 3.63) is 0 Å². The molecule has 0 aromatic carbocycles. The molecule has 0 rings (SSSR count). The minimum atomic E-state index is -5.00. The molecule has 0 atom stereocenters. The van der Waals surface area contributed by atoms with E-state index in [1.54, 1.807) is 0 Å². The molecule has 84 valence electrons. The lowest BCUT2D eigenvalue weighted by atomic mass is 10.5. The van der Waals surface area contributed by atoms with Crippen LogP contribution in [0, 0.1) is 0 Å². The minimum Gasteiger partial charge on any atom is -0.337 e. The molecule has 0 aliphatic carbocycles. The Balaban J connectivity index is 4.24. The van der Waals surface area contributed by atoms with Crippen molar-refractivity contribution in [3.63, 3.8) is 0 Å². The van der Waals surface area contributed by atoms with Crippen LogP contribution in [0.4, 0.5) is 13.2 Å². The number of nitrogens with zero attached hydrogens (tertiary/aromatic N) is 1. The Morgan fingerprint density at radius 2 is 1.86 bits per heavy atom.